The van der Waals surface area contributed by atoms with Crippen molar-refractivity contribution in [2.45, 2.75) is 192 Å². The highest BCUT2D eigenvalue weighted by Gasteiger charge is 2.55. The van der Waals surface area contributed by atoms with Gasteiger partial charge < -0.3 is 59.0 Å². The summed E-state index contributed by atoms with van der Waals surface area (Å²) in [5, 5.41) is 59.9. The lowest BCUT2D eigenvalue weighted by atomic mass is 9.68. The maximum absolute atomic E-state index is 14.6. The van der Waals surface area contributed by atoms with Crippen LogP contribution in [-0.4, -0.2) is 164 Å². The molecule has 0 amide bonds. The molecule has 3 saturated heterocycles. The zero-order valence-corrected chi connectivity index (χ0v) is 42.1. The van der Waals surface area contributed by atoms with Crippen molar-refractivity contribution in [2.24, 2.45) is 23.7 Å². The van der Waals surface area contributed by atoms with Crippen LogP contribution in [-0.2, 0) is 34.9 Å². The van der Waals surface area contributed by atoms with E-state index in [9.17, 15) is 35.1 Å². The number of aliphatic hydroxyl groups excluding tert-OH is 3. The van der Waals surface area contributed by atoms with E-state index in [-0.39, 0.29) is 42.9 Å². The molecule has 0 radical (unpaired) electrons. The first-order valence-electron chi connectivity index (χ1n) is 24.2. The Kier molecular flexibility index (Phi) is 17.9. The van der Waals surface area contributed by atoms with Crippen LogP contribution in [0, 0.1) is 30.6 Å². The number of rotatable bonds is 10. The summed E-state index contributed by atoms with van der Waals surface area (Å²) in [5.74, 6) is -3.09. The van der Waals surface area contributed by atoms with Gasteiger partial charge in [0, 0.05) is 62.6 Å². The van der Waals surface area contributed by atoms with E-state index in [0.29, 0.717) is 25.9 Å². The number of hydrogen-bond acceptors (Lipinski definition) is 14. The first-order valence-corrected chi connectivity index (χ1v) is 24.2. The smallest absolute Gasteiger partial charge is 0.309 e. The predicted octanol–water partition coefficient (Wildman–Crippen LogP) is 4.25. The van der Waals surface area contributed by atoms with Crippen molar-refractivity contribution in [3.8, 4) is 5.69 Å². The topological polar surface area (TPSA) is 193 Å². The number of ether oxygens (including phenoxy) is 5. The normalized spacial score (nSPS) is 41.5. The van der Waals surface area contributed by atoms with Crippen LogP contribution in [0.1, 0.15) is 106 Å². The number of methoxy groups -OCH3 is 1. The lowest BCUT2D eigenvalue weighted by Crippen LogP contribution is -2.62. The summed E-state index contributed by atoms with van der Waals surface area (Å²) in [6.45, 7) is 21.0. The fourth-order valence-electron chi connectivity index (χ4n) is 11.3. The number of aromatic nitrogens is 1. The summed E-state index contributed by atoms with van der Waals surface area (Å²) in [6.07, 6.45) is -4.70. The van der Waals surface area contributed by atoms with Gasteiger partial charge in [-0.05, 0) is 123 Å². The van der Waals surface area contributed by atoms with Crippen LogP contribution < -0.4 is 5.56 Å². The molecule has 3 aliphatic heterocycles. The maximum atomic E-state index is 14.6. The standard InChI is InChI=1S/C51H83N3O12/c1-15-40-51(11,61)44(57)34(7)53(13)27-30(3)25-49(9,60)46(32(5)42(33(6)47(59)65-40)39-26-50(10,62-14)45(58)35(8)64-39)66-48-43(56)38(24-31(4)63-48)52(12)23-22-36-17-19-37(20-18-36)54-28-29(2)16-21-41(54)55/h16-21,28,30-35,38-40,42-46,48,56-58,60-61H,15,22-27H2,1-14H3/t30-,31-,32+,33-,34-,35+,38+,39-,40-,42?,43-,44-,45+,46-,48+,49-,50-,51-/m1/s1. The molecule has 1 aromatic carbocycles. The van der Waals surface area contributed by atoms with Gasteiger partial charge in [-0.15, -0.1) is 0 Å². The second-order valence-corrected chi connectivity index (χ2v) is 21.1. The largest absolute Gasteiger partial charge is 0.459 e. The van der Waals surface area contributed by atoms with E-state index in [1.165, 1.54) is 14.0 Å². The summed E-state index contributed by atoms with van der Waals surface area (Å²) in [4.78, 5) is 31.2. The third-order valence-electron chi connectivity index (χ3n) is 15.5. The number of likely N-dealkylation sites (N-methyl/N-ethyl adjacent to an activating group) is 2. The summed E-state index contributed by atoms with van der Waals surface area (Å²) >= 11 is 0. The highest BCUT2D eigenvalue weighted by atomic mass is 16.7. The van der Waals surface area contributed by atoms with E-state index >= 15 is 0 Å². The highest BCUT2D eigenvalue weighted by Crippen LogP contribution is 2.45. The number of carbonyl (C=O) groups excluding carboxylic acids is 1. The fraction of sp³-hybridized carbons (Fsp3) is 0.765. The van der Waals surface area contributed by atoms with Gasteiger partial charge in [-0.2, -0.15) is 0 Å². The van der Waals surface area contributed by atoms with Crippen LogP contribution in [0.3, 0.4) is 0 Å². The van der Waals surface area contributed by atoms with Gasteiger partial charge in [0.2, 0.25) is 0 Å². The van der Waals surface area contributed by atoms with Gasteiger partial charge in [-0.1, -0.05) is 45.9 Å². The quantitative estimate of drug-likeness (QED) is 0.213. The molecule has 0 aliphatic carbocycles. The first-order chi connectivity index (χ1) is 30.8. The molecule has 3 aliphatic rings. The Morgan fingerprint density at radius 1 is 0.909 bits per heavy atom. The molecule has 15 heteroatoms. The number of cyclic esters (lactones) is 1. The Labute approximate surface area is 393 Å². The van der Waals surface area contributed by atoms with Crippen molar-refractivity contribution in [1.29, 1.82) is 0 Å². The molecular weight excluding hydrogens is 847 g/mol. The molecular formula is C51H83N3O12. The number of nitrogens with zero attached hydrogens (tertiary/aromatic N) is 3. The zero-order valence-electron chi connectivity index (χ0n) is 42.1. The van der Waals surface area contributed by atoms with Crippen LogP contribution in [0.4, 0.5) is 0 Å². The van der Waals surface area contributed by atoms with Crippen molar-refractivity contribution >= 4 is 5.97 Å². The number of aliphatic hydroxyl groups is 5. The Morgan fingerprint density at radius 3 is 2.18 bits per heavy atom. The van der Waals surface area contributed by atoms with Crippen molar-refractivity contribution in [3.05, 3.63) is 64.1 Å². The molecule has 0 bridgehead atoms. The first kappa shape index (κ1) is 54.1. The van der Waals surface area contributed by atoms with Crippen LogP contribution in [0.15, 0.2) is 47.4 Å². The van der Waals surface area contributed by atoms with Crippen molar-refractivity contribution < 1.29 is 54.0 Å². The van der Waals surface area contributed by atoms with Gasteiger partial charge in [0.15, 0.2) is 6.29 Å². The average molecular weight is 930 g/mol. The van der Waals surface area contributed by atoms with Gasteiger partial charge in [-0.25, -0.2) is 0 Å². The van der Waals surface area contributed by atoms with Gasteiger partial charge in [0.1, 0.15) is 30.0 Å². The number of pyridine rings is 1. The third kappa shape index (κ3) is 12.0. The van der Waals surface area contributed by atoms with E-state index in [1.807, 2.05) is 91.0 Å². The molecule has 2 aromatic rings. The van der Waals surface area contributed by atoms with Crippen molar-refractivity contribution in [3.63, 3.8) is 0 Å². The summed E-state index contributed by atoms with van der Waals surface area (Å²) in [7, 11) is 5.36. The van der Waals surface area contributed by atoms with Crippen molar-refractivity contribution in [2.75, 3.05) is 34.3 Å². The SMILES string of the molecule is CC[C@H]1OC(=O)[C@H](C)C([C@H]2C[C@@](C)(OC)[C@@H](O)[C@H](C)O2)[C@H](C)[C@@H](O[C@@H]2O[C@H](C)C[C@H](N(C)CCc3ccc(-n4cc(C)ccc4=O)cc3)[C@H]2O)[C@](C)(O)C[C@@H](C)CN(C)[C@H](C)[C@@H](O)[C@]1(C)O. The van der Waals surface area contributed by atoms with Gasteiger partial charge in [0.05, 0.1) is 41.5 Å². The summed E-state index contributed by atoms with van der Waals surface area (Å²) < 4.78 is 33.8. The van der Waals surface area contributed by atoms with Crippen LogP contribution in [0.2, 0.25) is 0 Å². The van der Waals surface area contributed by atoms with Gasteiger partial charge in [-0.3, -0.25) is 14.2 Å². The zero-order chi connectivity index (χ0) is 49.2. The minimum atomic E-state index is -1.81. The molecule has 1 aromatic heterocycles. The maximum Gasteiger partial charge on any atom is 0.309 e. The molecule has 66 heavy (non-hydrogen) atoms. The molecule has 0 spiro atoms. The number of hydrogen-bond donors (Lipinski definition) is 5. The molecule has 4 heterocycles. The van der Waals surface area contributed by atoms with E-state index in [2.05, 4.69) is 4.90 Å². The van der Waals surface area contributed by atoms with Crippen LogP contribution in [0.25, 0.3) is 5.69 Å². The summed E-state index contributed by atoms with van der Waals surface area (Å²) in [6, 6.07) is 10.3. The second kappa shape index (κ2) is 21.9. The molecule has 5 N–H and O–H groups in total. The Bertz CT molecular complexity index is 1940. The minimum absolute atomic E-state index is 0.0998. The van der Waals surface area contributed by atoms with Crippen LogP contribution >= 0.6 is 0 Å². The van der Waals surface area contributed by atoms with E-state index < -0.39 is 95.6 Å². The molecule has 0 saturated carbocycles. The van der Waals surface area contributed by atoms with E-state index in [4.69, 9.17) is 23.7 Å². The lowest BCUT2D eigenvalue weighted by Gasteiger charge is -2.51. The van der Waals surface area contributed by atoms with Gasteiger partial charge in [0.25, 0.3) is 5.56 Å². The Morgan fingerprint density at radius 2 is 1.56 bits per heavy atom. The van der Waals surface area contributed by atoms with E-state index in [0.717, 1.165) is 16.8 Å². The minimum Gasteiger partial charge on any atom is -0.459 e. The number of aryl methyl sites for hydroxylation is 1. The Balaban J connectivity index is 1.49. The number of carbonyl (C=O) groups is 1. The Hall–Kier alpha value is -2.80. The summed E-state index contributed by atoms with van der Waals surface area (Å²) in [5.41, 5.74) is -1.69. The molecule has 1 unspecified atom stereocenters. The number of esters is 1. The molecule has 374 valence electrons. The predicted molar refractivity (Wildman–Crippen MR) is 252 cm³/mol. The molecule has 5 rings (SSSR count). The molecule has 3 fully saturated rings. The van der Waals surface area contributed by atoms with Gasteiger partial charge >= 0.3 is 5.97 Å². The van der Waals surface area contributed by atoms with E-state index in [1.54, 1.807) is 44.4 Å². The average Bonchev–Trinajstić information content (AvgIpc) is 3.26. The molecule has 18 atom stereocenters. The highest BCUT2D eigenvalue weighted by molar-refractivity contribution is 5.73. The lowest BCUT2D eigenvalue weighted by molar-refractivity contribution is -0.302. The number of benzene rings is 1. The molecule has 15 nitrogen and oxygen atoms in total. The van der Waals surface area contributed by atoms with Crippen LogP contribution in [0.5, 0.6) is 0 Å². The third-order valence-corrected chi connectivity index (χ3v) is 15.5. The second-order valence-electron chi connectivity index (χ2n) is 21.1. The van der Waals surface area contributed by atoms with Crippen molar-refractivity contribution in [1.82, 2.24) is 14.4 Å². The monoisotopic (exact) mass is 930 g/mol. The fourth-order valence-corrected chi connectivity index (χ4v) is 11.3.